The minimum Gasteiger partial charge on any atom is -0.497 e. The van der Waals surface area contributed by atoms with Crippen molar-refractivity contribution in [2.75, 3.05) is 26.0 Å². The monoisotopic (exact) mass is 474 g/mol. The van der Waals surface area contributed by atoms with Gasteiger partial charge in [0.05, 0.1) is 13.7 Å². The molecular formula is C24H22N6O3S. The molecule has 0 saturated carbocycles. The number of anilines is 1. The Balaban J connectivity index is 1.57. The standard InChI is InChI=1S/C24H22N6O3S/c1-29(16-22(31)25-18-10-12-19(33-2)13-11-18)24(32)21(15-20-9-6-14-34-20)30-23(26-27-28-30)17-7-4-3-5-8-17/h3-15H,16H2,1-2H3,(H,25,31)/b21-15-. The normalized spacial score (nSPS) is 11.2. The molecule has 0 aliphatic rings. The van der Waals surface area contributed by atoms with Gasteiger partial charge >= 0.3 is 0 Å². The molecule has 10 heteroatoms. The number of methoxy groups -OCH3 is 1. The molecule has 0 aliphatic carbocycles. The Hall–Kier alpha value is -4.31. The first-order chi connectivity index (χ1) is 16.5. The SMILES string of the molecule is COc1ccc(NC(=O)CN(C)C(=O)/C(=C/c2cccs2)n2nnnc2-c2ccccc2)cc1. The van der Waals surface area contributed by atoms with Gasteiger partial charge in [-0.15, -0.1) is 16.4 Å². The Morgan fingerprint density at radius 3 is 2.53 bits per heavy atom. The number of thiophene rings is 1. The molecule has 172 valence electrons. The Morgan fingerprint density at radius 2 is 1.85 bits per heavy atom. The van der Waals surface area contributed by atoms with Crippen LogP contribution in [-0.4, -0.2) is 57.6 Å². The molecule has 0 aliphatic heterocycles. The molecule has 1 N–H and O–H groups in total. The number of likely N-dealkylation sites (N-methyl/N-ethyl adjacent to an activating group) is 1. The molecule has 0 atom stereocenters. The van der Waals surface area contributed by atoms with Crippen LogP contribution in [0.5, 0.6) is 5.75 Å². The molecule has 34 heavy (non-hydrogen) atoms. The number of nitrogens with one attached hydrogen (secondary N) is 1. The maximum atomic E-state index is 13.5. The number of nitrogens with zero attached hydrogens (tertiary/aromatic N) is 5. The van der Waals surface area contributed by atoms with Crippen LogP contribution >= 0.6 is 11.3 Å². The zero-order chi connectivity index (χ0) is 23.9. The van der Waals surface area contributed by atoms with Gasteiger partial charge in [-0.1, -0.05) is 36.4 Å². The van der Waals surface area contributed by atoms with Crippen LogP contribution in [0.2, 0.25) is 0 Å². The lowest BCUT2D eigenvalue weighted by Crippen LogP contribution is -2.36. The number of rotatable bonds is 8. The van der Waals surface area contributed by atoms with E-state index in [2.05, 4.69) is 20.8 Å². The third-order valence-electron chi connectivity index (χ3n) is 4.87. The van der Waals surface area contributed by atoms with E-state index in [-0.39, 0.29) is 18.1 Å². The topological polar surface area (TPSA) is 102 Å². The Bertz CT molecular complexity index is 1280. The summed E-state index contributed by atoms with van der Waals surface area (Å²) in [6.45, 7) is -0.157. The molecule has 2 aromatic heterocycles. The van der Waals surface area contributed by atoms with Crippen molar-refractivity contribution in [2.24, 2.45) is 0 Å². The number of ether oxygens (including phenoxy) is 1. The summed E-state index contributed by atoms with van der Waals surface area (Å²) in [5.41, 5.74) is 1.59. The van der Waals surface area contributed by atoms with Crippen LogP contribution in [0.25, 0.3) is 23.2 Å². The van der Waals surface area contributed by atoms with Crippen molar-refractivity contribution in [3.05, 3.63) is 77.0 Å². The van der Waals surface area contributed by atoms with Gasteiger partial charge < -0.3 is 15.0 Å². The Kier molecular flexibility index (Phi) is 7.09. The van der Waals surface area contributed by atoms with Gasteiger partial charge in [-0.05, 0) is 52.2 Å². The van der Waals surface area contributed by atoms with Gasteiger partial charge in [0.2, 0.25) is 5.91 Å². The van der Waals surface area contributed by atoms with Crippen molar-refractivity contribution >= 4 is 40.6 Å². The van der Waals surface area contributed by atoms with E-state index in [9.17, 15) is 9.59 Å². The molecule has 9 nitrogen and oxygen atoms in total. The van der Waals surface area contributed by atoms with E-state index < -0.39 is 5.91 Å². The molecule has 4 rings (SSSR count). The number of carbonyl (C=O) groups excluding carboxylic acids is 2. The average Bonchev–Trinajstić information content (AvgIpc) is 3.55. The molecule has 0 bridgehead atoms. The van der Waals surface area contributed by atoms with Gasteiger partial charge in [0.1, 0.15) is 11.4 Å². The Labute approximate surface area is 200 Å². The molecule has 2 aromatic carbocycles. The van der Waals surface area contributed by atoms with E-state index in [0.717, 1.165) is 10.4 Å². The van der Waals surface area contributed by atoms with E-state index in [1.54, 1.807) is 44.5 Å². The lowest BCUT2D eigenvalue weighted by Gasteiger charge is -2.19. The van der Waals surface area contributed by atoms with Crippen LogP contribution in [0.15, 0.2) is 72.1 Å². The first-order valence-electron chi connectivity index (χ1n) is 10.3. The van der Waals surface area contributed by atoms with Crippen LogP contribution in [0.3, 0.4) is 0 Å². The van der Waals surface area contributed by atoms with E-state index >= 15 is 0 Å². The van der Waals surface area contributed by atoms with Crippen molar-refractivity contribution in [1.29, 1.82) is 0 Å². The molecule has 0 saturated heterocycles. The van der Waals surface area contributed by atoms with Crippen LogP contribution in [0, 0.1) is 0 Å². The molecule has 0 spiro atoms. The fourth-order valence-corrected chi connectivity index (χ4v) is 3.85. The van der Waals surface area contributed by atoms with Crippen molar-refractivity contribution in [3.63, 3.8) is 0 Å². The minimum absolute atomic E-state index is 0.157. The second-order valence-electron chi connectivity index (χ2n) is 7.26. The maximum absolute atomic E-state index is 13.5. The molecule has 2 heterocycles. The fraction of sp³-hybridized carbons (Fsp3) is 0.125. The third kappa shape index (κ3) is 5.36. The summed E-state index contributed by atoms with van der Waals surface area (Å²) >= 11 is 1.48. The molecule has 0 radical (unpaired) electrons. The predicted octanol–water partition coefficient (Wildman–Crippen LogP) is 3.51. The zero-order valence-electron chi connectivity index (χ0n) is 18.6. The molecule has 4 aromatic rings. The predicted molar refractivity (Wildman–Crippen MR) is 131 cm³/mol. The third-order valence-corrected chi connectivity index (χ3v) is 5.69. The van der Waals surface area contributed by atoms with Crippen molar-refractivity contribution in [3.8, 4) is 17.1 Å². The highest BCUT2D eigenvalue weighted by Crippen LogP contribution is 2.23. The van der Waals surface area contributed by atoms with Crippen molar-refractivity contribution < 1.29 is 14.3 Å². The first kappa shape index (κ1) is 22.9. The van der Waals surface area contributed by atoms with Crippen LogP contribution in [0.1, 0.15) is 4.88 Å². The van der Waals surface area contributed by atoms with Gasteiger partial charge in [-0.25, -0.2) is 0 Å². The molecule has 2 amide bonds. The highest BCUT2D eigenvalue weighted by molar-refractivity contribution is 7.10. The van der Waals surface area contributed by atoms with Gasteiger partial charge in [-0.3, -0.25) is 9.59 Å². The molecule has 0 unspecified atom stereocenters. The number of tetrazole rings is 1. The second kappa shape index (κ2) is 10.5. The lowest BCUT2D eigenvalue weighted by molar-refractivity contribution is -0.128. The second-order valence-corrected chi connectivity index (χ2v) is 8.24. The summed E-state index contributed by atoms with van der Waals surface area (Å²) in [4.78, 5) is 28.3. The first-order valence-corrected chi connectivity index (χ1v) is 11.2. The maximum Gasteiger partial charge on any atom is 0.272 e. The number of benzene rings is 2. The fourth-order valence-electron chi connectivity index (χ4n) is 3.20. The summed E-state index contributed by atoms with van der Waals surface area (Å²) in [6.07, 6.45) is 1.72. The number of hydrogen-bond donors (Lipinski definition) is 1. The van der Waals surface area contributed by atoms with Gasteiger partial charge in [0.15, 0.2) is 5.82 Å². The van der Waals surface area contributed by atoms with Gasteiger partial charge in [0, 0.05) is 23.2 Å². The number of carbonyl (C=O) groups is 2. The summed E-state index contributed by atoms with van der Waals surface area (Å²) in [6, 6.07) is 20.1. The molecular weight excluding hydrogens is 452 g/mol. The van der Waals surface area contributed by atoms with E-state index in [1.807, 2.05) is 47.8 Å². The van der Waals surface area contributed by atoms with Gasteiger partial charge in [0.25, 0.3) is 5.91 Å². The highest BCUT2D eigenvalue weighted by atomic mass is 32.1. The van der Waals surface area contributed by atoms with Gasteiger partial charge in [-0.2, -0.15) is 4.68 Å². The van der Waals surface area contributed by atoms with Crippen molar-refractivity contribution in [1.82, 2.24) is 25.1 Å². The van der Waals surface area contributed by atoms with E-state index in [4.69, 9.17) is 4.74 Å². The average molecular weight is 475 g/mol. The largest absolute Gasteiger partial charge is 0.497 e. The smallest absolute Gasteiger partial charge is 0.272 e. The quantitative estimate of drug-likeness (QED) is 0.392. The van der Waals surface area contributed by atoms with E-state index in [0.29, 0.717) is 17.3 Å². The van der Waals surface area contributed by atoms with Crippen molar-refractivity contribution in [2.45, 2.75) is 0 Å². The minimum atomic E-state index is -0.400. The summed E-state index contributed by atoms with van der Waals surface area (Å²) < 4.78 is 6.53. The van der Waals surface area contributed by atoms with E-state index in [1.165, 1.54) is 20.9 Å². The van der Waals surface area contributed by atoms with Crippen LogP contribution in [0.4, 0.5) is 5.69 Å². The Morgan fingerprint density at radius 1 is 1.09 bits per heavy atom. The number of amides is 2. The number of aromatic nitrogens is 4. The van der Waals surface area contributed by atoms with Crippen LogP contribution in [-0.2, 0) is 9.59 Å². The highest BCUT2D eigenvalue weighted by Gasteiger charge is 2.23. The summed E-state index contributed by atoms with van der Waals surface area (Å²) in [7, 11) is 3.13. The summed E-state index contributed by atoms with van der Waals surface area (Å²) in [5.74, 6) is 0.372. The molecule has 0 fully saturated rings. The lowest BCUT2D eigenvalue weighted by atomic mass is 10.2. The summed E-state index contributed by atoms with van der Waals surface area (Å²) in [5, 5.41) is 16.7. The van der Waals surface area contributed by atoms with Crippen LogP contribution < -0.4 is 10.1 Å². The number of hydrogen-bond acceptors (Lipinski definition) is 7. The zero-order valence-corrected chi connectivity index (χ0v) is 19.4.